The van der Waals surface area contributed by atoms with Crippen LogP contribution < -0.4 is 5.32 Å². The maximum atomic E-state index is 5.72. The summed E-state index contributed by atoms with van der Waals surface area (Å²) in [4.78, 5) is 6.88. The second-order valence-electron chi connectivity index (χ2n) is 6.46. The smallest absolute Gasteiger partial charge is 0.170 e. The monoisotopic (exact) mass is 362 g/mol. The predicted octanol–water partition coefficient (Wildman–Crippen LogP) is 4.08. The van der Waals surface area contributed by atoms with Crippen molar-refractivity contribution in [2.75, 3.05) is 0 Å². The summed E-state index contributed by atoms with van der Waals surface area (Å²) in [6, 6.07) is 21.0. The van der Waals surface area contributed by atoms with E-state index in [4.69, 9.17) is 12.2 Å². The molecule has 1 aromatic carbocycles. The Balaban J connectivity index is 1.75. The van der Waals surface area contributed by atoms with Crippen molar-refractivity contribution in [3.05, 3.63) is 90.0 Å². The van der Waals surface area contributed by atoms with Crippen molar-refractivity contribution in [2.24, 2.45) is 0 Å². The third kappa shape index (κ3) is 3.10. The van der Waals surface area contributed by atoms with Gasteiger partial charge >= 0.3 is 0 Å². The summed E-state index contributed by atoms with van der Waals surface area (Å²) in [5.41, 5.74) is 3.52. The van der Waals surface area contributed by atoms with Gasteiger partial charge in [-0.15, -0.1) is 0 Å². The first-order valence-corrected chi connectivity index (χ1v) is 9.35. The topological polar surface area (TPSA) is 33.1 Å². The highest BCUT2D eigenvalue weighted by Gasteiger charge is 2.40. The molecular formula is C21H22N4S. The van der Waals surface area contributed by atoms with Gasteiger partial charge in [0.15, 0.2) is 5.11 Å². The molecule has 0 aliphatic carbocycles. The van der Waals surface area contributed by atoms with Crippen molar-refractivity contribution in [2.45, 2.75) is 32.1 Å². The fourth-order valence-electron chi connectivity index (χ4n) is 3.66. The van der Waals surface area contributed by atoms with Crippen LogP contribution in [0.1, 0.15) is 36.0 Å². The number of hydrogen-bond donors (Lipinski definition) is 1. The third-order valence-electron chi connectivity index (χ3n) is 4.90. The van der Waals surface area contributed by atoms with Gasteiger partial charge in [-0.05, 0) is 49.0 Å². The molecule has 2 atom stereocenters. The summed E-state index contributed by atoms with van der Waals surface area (Å²) < 4.78 is 2.29. The average molecular weight is 363 g/mol. The van der Waals surface area contributed by atoms with Crippen LogP contribution in [0.5, 0.6) is 0 Å². The van der Waals surface area contributed by atoms with Crippen molar-refractivity contribution in [3.63, 3.8) is 0 Å². The number of pyridine rings is 1. The van der Waals surface area contributed by atoms with Crippen LogP contribution in [-0.4, -0.2) is 19.6 Å². The van der Waals surface area contributed by atoms with Gasteiger partial charge in [0.1, 0.15) is 0 Å². The molecule has 132 valence electrons. The zero-order chi connectivity index (χ0) is 17.9. The second kappa shape index (κ2) is 7.30. The van der Waals surface area contributed by atoms with E-state index in [0.29, 0.717) is 0 Å². The fraction of sp³-hybridized carbons (Fsp3) is 0.238. The predicted molar refractivity (Wildman–Crippen MR) is 108 cm³/mol. The van der Waals surface area contributed by atoms with Crippen molar-refractivity contribution in [3.8, 4) is 0 Å². The van der Waals surface area contributed by atoms with Crippen LogP contribution in [0, 0.1) is 0 Å². The lowest BCUT2D eigenvalue weighted by Crippen LogP contribution is -2.30. The minimum absolute atomic E-state index is 0.0348. The van der Waals surface area contributed by atoms with E-state index in [2.05, 4.69) is 75.4 Å². The summed E-state index contributed by atoms with van der Waals surface area (Å²) in [5, 5.41) is 4.29. The molecule has 1 fully saturated rings. The summed E-state index contributed by atoms with van der Waals surface area (Å²) in [7, 11) is 0. The zero-order valence-corrected chi connectivity index (χ0v) is 15.6. The lowest BCUT2D eigenvalue weighted by Gasteiger charge is -2.28. The number of thiocarbonyl (C=S) groups is 1. The van der Waals surface area contributed by atoms with Gasteiger partial charge in [-0.2, -0.15) is 0 Å². The normalized spacial score (nSPS) is 19.6. The van der Waals surface area contributed by atoms with E-state index in [1.165, 1.54) is 11.3 Å². The van der Waals surface area contributed by atoms with Gasteiger partial charge in [0.05, 0.1) is 17.8 Å². The Bertz CT molecular complexity index is 875. The Morgan fingerprint density at radius 2 is 1.85 bits per heavy atom. The number of nitrogens with zero attached hydrogens (tertiary/aromatic N) is 3. The molecule has 0 unspecified atom stereocenters. The first kappa shape index (κ1) is 16.8. The first-order chi connectivity index (χ1) is 12.8. The Kier molecular flexibility index (Phi) is 4.71. The Labute approximate surface area is 159 Å². The molecule has 0 spiro atoms. The fourth-order valence-corrected chi connectivity index (χ4v) is 3.97. The Morgan fingerprint density at radius 3 is 2.58 bits per heavy atom. The molecule has 3 aromatic rings. The van der Waals surface area contributed by atoms with Crippen LogP contribution >= 0.6 is 12.2 Å². The number of rotatable bonds is 5. The molecule has 1 N–H and O–H groups in total. The van der Waals surface area contributed by atoms with E-state index in [1.807, 2.05) is 24.4 Å². The van der Waals surface area contributed by atoms with Crippen LogP contribution in [0.4, 0.5) is 0 Å². The Hall–Kier alpha value is -2.66. The van der Waals surface area contributed by atoms with E-state index in [1.54, 1.807) is 0 Å². The first-order valence-electron chi connectivity index (χ1n) is 8.95. The number of aromatic nitrogens is 2. The molecule has 1 aliphatic heterocycles. The zero-order valence-electron chi connectivity index (χ0n) is 14.7. The number of nitrogens with one attached hydrogen (secondary N) is 1. The second-order valence-corrected chi connectivity index (χ2v) is 6.85. The summed E-state index contributed by atoms with van der Waals surface area (Å²) in [6.07, 6.45) is 3.97. The molecule has 0 amide bonds. The standard InChI is InChI=1S/C21H22N4S/c1-2-24-14-8-12-18(24)20-19(17-11-6-7-13-22-17)23-21(26)25(20)15-16-9-4-3-5-10-16/h3-14,19-20H,2,15H2,1H3,(H,23,26)/t19-,20+/m1/s1. The maximum absolute atomic E-state index is 5.72. The van der Waals surface area contributed by atoms with E-state index in [9.17, 15) is 0 Å². The summed E-state index contributed by atoms with van der Waals surface area (Å²) in [5.74, 6) is 0. The highest BCUT2D eigenvalue weighted by Crippen LogP contribution is 2.39. The van der Waals surface area contributed by atoms with Gasteiger partial charge in [-0.3, -0.25) is 4.98 Å². The average Bonchev–Trinajstić information content (AvgIpc) is 3.28. The van der Waals surface area contributed by atoms with Crippen molar-refractivity contribution >= 4 is 17.3 Å². The minimum atomic E-state index is 0.0348. The highest BCUT2D eigenvalue weighted by atomic mass is 32.1. The molecule has 4 nitrogen and oxygen atoms in total. The van der Waals surface area contributed by atoms with Gasteiger partial charge in [0.25, 0.3) is 0 Å². The highest BCUT2D eigenvalue weighted by molar-refractivity contribution is 7.80. The van der Waals surface area contributed by atoms with Crippen LogP contribution in [0.15, 0.2) is 73.1 Å². The van der Waals surface area contributed by atoms with Crippen LogP contribution in [0.3, 0.4) is 0 Å². The molecule has 0 bridgehead atoms. The molecule has 1 saturated heterocycles. The number of hydrogen-bond acceptors (Lipinski definition) is 2. The Morgan fingerprint density at radius 1 is 1.04 bits per heavy atom. The molecule has 1 aliphatic rings. The number of aryl methyl sites for hydroxylation is 1. The molecule has 5 heteroatoms. The minimum Gasteiger partial charge on any atom is -0.352 e. The summed E-state index contributed by atoms with van der Waals surface area (Å²) in [6.45, 7) is 3.87. The van der Waals surface area contributed by atoms with E-state index >= 15 is 0 Å². The van der Waals surface area contributed by atoms with Gasteiger partial charge in [-0.25, -0.2) is 0 Å². The molecule has 2 aromatic heterocycles. The SMILES string of the molecule is CCn1cccc1[C@H]1[C@@H](c2ccccn2)NC(=S)N1Cc1ccccc1. The lowest BCUT2D eigenvalue weighted by atomic mass is 10.0. The third-order valence-corrected chi connectivity index (χ3v) is 5.25. The van der Waals surface area contributed by atoms with E-state index in [-0.39, 0.29) is 12.1 Å². The van der Waals surface area contributed by atoms with Gasteiger partial charge in [0, 0.05) is 31.2 Å². The molecule has 26 heavy (non-hydrogen) atoms. The molecular weight excluding hydrogens is 340 g/mol. The van der Waals surface area contributed by atoms with Crippen molar-refractivity contribution in [1.29, 1.82) is 0 Å². The van der Waals surface area contributed by atoms with Gasteiger partial charge in [0.2, 0.25) is 0 Å². The van der Waals surface area contributed by atoms with Gasteiger partial charge in [-0.1, -0.05) is 36.4 Å². The van der Waals surface area contributed by atoms with Crippen LogP contribution in [0.2, 0.25) is 0 Å². The number of benzene rings is 1. The van der Waals surface area contributed by atoms with Crippen LogP contribution in [-0.2, 0) is 13.1 Å². The van der Waals surface area contributed by atoms with E-state index < -0.39 is 0 Å². The van der Waals surface area contributed by atoms with Gasteiger partial charge < -0.3 is 14.8 Å². The maximum Gasteiger partial charge on any atom is 0.170 e. The molecule has 4 rings (SSSR count). The largest absolute Gasteiger partial charge is 0.352 e. The summed E-state index contributed by atoms with van der Waals surface area (Å²) >= 11 is 5.72. The van der Waals surface area contributed by atoms with Crippen molar-refractivity contribution in [1.82, 2.24) is 19.8 Å². The molecule has 3 heterocycles. The molecule has 0 saturated carbocycles. The van der Waals surface area contributed by atoms with Crippen molar-refractivity contribution < 1.29 is 0 Å². The van der Waals surface area contributed by atoms with Crippen LogP contribution in [0.25, 0.3) is 0 Å². The van der Waals surface area contributed by atoms with E-state index in [0.717, 1.165) is 23.9 Å². The molecule has 0 radical (unpaired) electrons. The lowest BCUT2D eigenvalue weighted by molar-refractivity contribution is 0.297. The quantitative estimate of drug-likeness (QED) is 0.694.